The number of hydrogen-bond acceptors (Lipinski definition) is 4. The van der Waals surface area contributed by atoms with Crippen LogP contribution in [0.2, 0.25) is 0 Å². The van der Waals surface area contributed by atoms with Crippen LogP contribution in [0, 0.1) is 0 Å². The van der Waals surface area contributed by atoms with Crippen molar-refractivity contribution in [3.8, 4) is 0 Å². The van der Waals surface area contributed by atoms with E-state index in [1.165, 1.54) is 32.8 Å². The van der Waals surface area contributed by atoms with Crippen molar-refractivity contribution in [1.29, 1.82) is 0 Å². The first-order valence-electron chi connectivity index (χ1n) is 6.88. The molecule has 0 aromatic heterocycles. The third-order valence-electron chi connectivity index (χ3n) is 3.24. The monoisotopic (exact) mass is 258 g/mol. The second kappa shape index (κ2) is 9.30. The van der Waals surface area contributed by atoms with E-state index in [2.05, 4.69) is 5.32 Å². The molecular weight excluding hydrogens is 232 g/mol. The number of carbonyl (C=O) groups excluding carboxylic acids is 1. The molecule has 0 aromatic rings. The zero-order valence-corrected chi connectivity index (χ0v) is 11.3. The van der Waals surface area contributed by atoms with Crippen LogP contribution in [0.5, 0.6) is 0 Å². The molecule has 1 saturated carbocycles. The molecule has 106 valence electrons. The summed E-state index contributed by atoms with van der Waals surface area (Å²) in [5, 5.41) is 2.75. The van der Waals surface area contributed by atoms with Crippen LogP contribution < -0.4 is 11.1 Å². The van der Waals surface area contributed by atoms with E-state index in [0.717, 1.165) is 12.8 Å². The fourth-order valence-corrected chi connectivity index (χ4v) is 2.19. The summed E-state index contributed by atoms with van der Waals surface area (Å²) in [6, 6.07) is -0.590. The fraction of sp³-hybridized carbons (Fsp3) is 0.923. The van der Waals surface area contributed by atoms with Crippen molar-refractivity contribution >= 4 is 5.91 Å². The maximum atomic E-state index is 11.5. The third kappa shape index (κ3) is 6.33. The first-order valence-corrected chi connectivity index (χ1v) is 6.88. The van der Waals surface area contributed by atoms with Crippen molar-refractivity contribution in [2.24, 2.45) is 5.73 Å². The average molecular weight is 258 g/mol. The van der Waals surface area contributed by atoms with Crippen LogP contribution in [0.15, 0.2) is 0 Å². The molecule has 1 amide bonds. The van der Waals surface area contributed by atoms with Crippen LogP contribution in [-0.4, -0.2) is 44.9 Å². The standard InChI is InChI=1S/C13H26N2O3/c1-17-10-12(14)13(16)15-8-9-18-11-6-4-2-3-5-7-11/h11-12H,2-10,14H2,1H3,(H,15,16). The van der Waals surface area contributed by atoms with Gasteiger partial charge >= 0.3 is 0 Å². The Labute approximate surface area is 109 Å². The molecule has 1 aliphatic rings. The van der Waals surface area contributed by atoms with Gasteiger partial charge in [0.15, 0.2) is 0 Å². The third-order valence-corrected chi connectivity index (χ3v) is 3.24. The molecule has 5 nitrogen and oxygen atoms in total. The van der Waals surface area contributed by atoms with Gasteiger partial charge in [-0.15, -0.1) is 0 Å². The minimum Gasteiger partial charge on any atom is -0.383 e. The quantitative estimate of drug-likeness (QED) is 0.523. The Balaban J connectivity index is 2.05. The molecule has 0 heterocycles. The number of hydrogen-bond donors (Lipinski definition) is 2. The van der Waals surface area contributed by atoms with E-state index in [4.69, 9.17) is 15.2 Å². The Hall–Kier alpha value is -0.650. The SMILES string of the molecule is COCC(N)C(=O)NCCOC1CCCCCC1. The van der Waals surface area contributed by atoms with Gasteiger partial charge in [-0.1, -0.05) is 25.7 Å². The molecule has 0 aromatic carbocycles. The Bertz CT molecular complexity index is 228. The van der Waals surface area contributed by atoms with E-state index in [1.807, 2.05) is 0 Å². The summed E-state index contributed by atoms with van der Waals surface area (Å²) in [5.74, 6) is -0.179. The molecule has 18 heavy (non-hydrogen) atoms. The van der Waals surface area contributed by atoms with E-state index >= 15 is 0 Å². The second-order valence-corrected chi connectivity index (χ2v) is 4.84. The van der Waals surface area contributed by atoms with Crippen molar-refractivity contribution in [3.63, 3.8) is 0 Å². The summed E-state index contributed by atoms with van der Waals surface area (Å²) < 4.78 is 10.6. The van der Waals surface area contributed by atoms with Gasteiger partial charge in [0.25, 0.3) is 0 Å². The Morgan fingerprint density at radius 3 is 2.61 bits per heavy atom. The predicted molar refractivity (Wildman–Crippen MR) is 70.3 cm³/mol. The minimum atomic E-state index is -0.590. The molecule has 1 unspecified atom stereocenters. The summed E-state index contributed by atoms with van der Waals surface area (Å²) in [5.41, 5.74) is 5.60. The first-order chi connectivity index (χ1) is 8.74. The first kappa shape index (κ1) is 15.4. The van der Waals surface area contributed by atoms with Crippen molar-refractivity contribution in [3.05, 3.63) is 0 Å². The number of carbonyl (C=O) groups is 1. The van der Waals surface area contributed by atoms with Crippen molar-refractivity contribution in [1.82, 2.24) is 5.32 Å². The fourth-order valence-electron chi connectivity index (χ4n) is 2.19. The lowest BCUT2D eigenvalue weighted by molar-refractivity contribution is -0.123. The molecule has 1 rings (SSSR count). The van der Waals surface area contributed by atoms with Crippen molar-refractivity contribution in [2.45, 2.75) is 50.7 Å². The largest absolute Gasteiger partial charge is 0.383 e. The summed E-state index contributed by atoms with van der Waals surface area (Å²) in [7, 11) is 1.53. The van der Waals surface area contributed by atoms with Crippen LogP contribution in [0.25, 0.3) is 0 Å². The van der Waals surface area contributed by atoms with Gasteiger partial charge in [-0.05, 0) is 12.8 Å². The predicted octanol–water partition coefficient (Wildman–Crippen LogP) is 0.816. The van der Waals surface area contributed by atoms with Gasteiger partial charge in [0.1, 0.15) is 6.04 Å². The van der Waals surface area contributed by atoms with Gasteiger partial charge < -0.3 is 20.5 Å². The van der Waals surface area contributed by atoms with Crippen LogP contribution in [0.1, 0.15) is 38.5 Å². The minimum absolute atomic E-state index is 0.179. The number of nitrogens with one attached hydrogen (secondary N) is 1. The van der Waals surface area contributed by atoms with E-state index < -0.39 is 6.04 Å². The van der Waals surface area contributed by atoms with E-state index in [-0.39, 0.29) is 12.5 Å². The summed E-state index contributed by atoms with van der Waals surface area (Å²) in [6.07, 6.45) is 7.84. The molecule has 0 radical (unpaired) electrons. The van der Waals surface area contributed by atoms with Gasteiger partial charge in [-0.25, -0.2) is 0 Å². The van der Waals surface area contributed by atoms with Crippen LogP contribution >= 0.6 is 0 Å². The molecule has 0 aliphatic heterocycles. The zero-order chi connectivity index (χ0) is 13.2. The van der Waals surface area contributed by atoms with Crippen LogP contribution in [0.4, 0.5) is 0 Å². The normalized spacial score (nSPS) is 19.2. The topological polar surface area (TPSA) is 73.6 Å². The van der Waals surface area contributed by atoms with Crippen molar-refractivity contribution in [2.75, 3.05) is 26.9 Å². The smallest absolute Gasteiger partial charge is 0.239 e. The summed E-state index contributed by atoms with van der Waals surface area (Å²) >= 11 is 0. The molecule has 3 N–H and O–H groups in total. The Kier molecular flexibility index (Phi) is 7.96. The molecular formula is C13H26N2O3. The highest BCUT2D eigenvalue weighted by Crippen LogP contribution is 2.19. The molecule has 1 fully saturated rings. The van der Waals surface area contributed by atoms with Crippen molar-refractivity contribution < 1.29 is 14.3 Å². The molecule has 5 heteroatoms. The lowest BCUT2D eigenvalue weighted by Gasteiger charge is -2.16. The van der Waals surface area contributed by atoms with Crippen LogP contribution in [-0.2, 0) is 14.3 Å². The lowest BCUT2D eigenvalue weighted by Crippen LogP contribution is -2.44. The number of amides is 1. The van der Waals surface area contributed by atoms with Gasteiger partial charge in [-0.3, -0.25) is 4.79 Å². The number of ether oxygens (including phenoxy) is 2. The molecule has 0 saturated heterocycles. The van der Waals surface area contributed by atoms with Gasteiger partial charge in [-0.2, -0.15) is 0 Å². The molecule has 0 spiro atoms. The number of rotatable bonds is 7. The van der Waals surface area contributed by atoms with E-state index in [9.17, 15) is 4.79 Å². The maximum absolute atomic E-state index is 11.5. The van der Waals surface area contributed by atoms with E-state index in [1.54, 1.807) is 0 Å². The zero-order valence-electron chi connectivity index (χ0n) is 11.3. The lowest BCUT2D eigenvalue weighted by atomic mass is 10.1. The van der Waals surface area contributed by atoms with Gasteiger partial charge in [0.05, 0.1) is 19.3 Å². The maximum Gasteiger partial charge on any atom is 0.239 e. The highest BCUT2D eigenvalue weighted by molar-refractivity contribution is 5.81. The molecule has 0 bridgehead atoms. The van der Waals surface area contributed by atoms with Crippen LogP contribution in [0.3, 0.4) is 0 Å². The highest BCUT2D eigenvalue weighted by Gasteiger charge is 2.14. The van der Waals surface area contributed by atoms with E-state index in [0.29, 0.717) is 19.3 Å². The highest BCUT2D eigenvalue weighted by atomic mass is 16.5. The van der Waals surface area contributed by atoms with Gasteiger partial charge in [0.2, 0.25) is 5.91 Å². The average Bonchev–Trinajstić information content (AvgIpc) is 2.63. The molecule has 1 aliphatic carbocycles. The number of methoxy groups -OCH3 is 1. The summed E-state index contributed by atoms with van der Waals surface area (Å²) in [4.78, 5) is 11.5. The summed E-state index contributed by atoms with van der Waals surface area (Å²) in [6.45, 7) is 1.33. The molecule has 1 atom stereocenters. The van der Waals surface area contributed by atoms with Gasteiger partial charge in [0, 0.05) is 13.7 Å². The number of nitrogens with two attached hydrogens (primary N) is 1. The Morgan fingerprint density at radius 1 is 1.33 bits per heavy atom. The Morgan fingerprint density at radius 2 is 2.00 bits per heavy atom. The second-order valence-electron chi connectivity index (χ2n) is 4.84.